The fourth-order valence-electron chi connectivity index (χ4n) is 2.77. The second-order valence-corrected chi connectivity index (χ2v) is 5.28. The van der Waals surface area contributed by atoms with E-state index in [4.69, 9.17) is 0 Å². The van der Waals surface area contributed by atoms with Crippen LogP contribution >= 0.6 is 0 Å². The first-order valence-corrected chi connectivity index (χ1v) is 7.07. The molecule has 1 aromatic carbocycles. The summed E-state index contributed by atoms with van der Waals surface area (Å²) >= 11 is 0. The van der Waals surface area contributed by atoms with Crippen molar-refractivity contribution >= 4 is 5.78 Å². The summed E-state index contributed by atoms with van der Waals surface area (Å²) in [6.45, 7) is 7.40. The maximum Gasteiger partial charge on any atom is 0.167 e. The van der Waals surface area contributed by atoms with Gasteiger partial charge in [0, 0.05) is 18.0 Å². The lowest BCUT2D eigenvalue weighted by Crippen LogP contribution is -2.29. The van der Waals surface area contributed by atoms with Gasteiger partial charge >= 0.3 is 0 Å². The quantitative estimate of drug-likeness (QED) is 0.743. The highest BCUT2D eigenvalue weighted by Crippen LogP contribution is 2.17. The Labute approximate surface area is 110 Å². The molecule has 1 atom stereocenters. The number of nitrogens with zero attached hydrogens (tertiary/aromatic N) is 1. The predicted octanol–water partition coefficient (Wildman–Crippen LogP) is 3.16. The van der Waals surface area contributed by atoms with Crippen LogP contribution < -0.4 is 0 Å². The van der Waals surface area contributed by atoms with Crippen molar-refractivity contribution in [2.24, 2.45) is 5.92 Å². The summed E-state index contributed by atoms with van der Waals surface area (Å²) in [5, 5.41) is 0. The molecule has 0 bridgehead atoms. The maximum absolute atomic E-state index is 12.5. The van der Waals surface area contributed by atoms with Gasteiger partial charge in [0.15, 0.2) is 5.78 Å². The molecule has 2 rings (SSSR count). The Morgan fingerprint density at radius 1 is 1.28 bits per heavy atom. The second kappa shape index (κ2) is 6.14. The van der Waals surface area contributed by atoms with Crippen LogP contribution in [0, 0.1) is 5.92 Å². The molecule has 1 saturated heterocycles. The van der Waals surface area contributed by atoms with Gasteiger partial charge in [0.1, 0.15) is 0 Å². The normalized spacial score (nSPS) is 17.9. The number of hydrogen-bond acceptors (Lipinski definition) is 2. The van der Waals surface area contributed by atoms with Gasteiger partial charge in [0.25, 0.3) is 0 Å². The molecule has 2 nitrogen and oxygen atoms in total. The average Bonchev–Trinajstić information content (AvgIpc) is 2.90. The van der Waals surface area contributed by atoms with E-state index in [1.165, 1.54) is 18.4 Å². The van der Waals surface area contributed by atoms with E-state index in [0.717, 1.165) is 31.6 Å². The zero-order chi connectivity index (χ0) is 13.0. The van der Waals surface area contributed by atoms with E-state index in [-0.39, 0.29) is 5.92 Å². The third-order valence-corrected chi connectivity index (χ3v) is 3.84. The van der Waals surface area contributed by atoms with Crippen LogP contribution in [0.5, 0.6) is 0 Å². The van der Waals surface area contributed by atoms with Crippen LogP contribution in [0.2, 0.25) is 0 Å². The van der Waals surface area contributed by atoms with Crippen molar-refractivity contribution in [1.29, 1.82) is 0 Å². The highest BCUT2D eigenvalue weighted by atomic mass is 16.1. The number of aryl methyl sites for hydroxylation is 1. The van der Waals surface area contributed by atoms with Gasteiger partial charge in [0.05, 0.1) is 0 Å². The molecule has 18 heavy (non-hydrogen) atoms. The Morgan fingerprint density at radius 3 is 2.61 bits per heavy atom. The van der Waals surface area contributed by atoms with Crippen molar-refractivity contribution in [2.75, 3.05) is 19.6 Å². The summed E-state index contributed by atoms with van der Waals surface area (Å²) in [4.78, 5) is 14.9. The van der Waals surface area contributed by atoms with Crippen molar-refractivity contribution in [2.45, 2.75) is 33.1 Å². The summed E-state index contributed by atoms with van der Waals surface area (Å²) < 4.78 is 0. The maximum atomic E-state index is 12.5. The molecule has 98 valence electrons. The number of carbonyl (C=O) groups excluding carboxylic acids is 1. The highest BCUT2D eigenvalue weighted by Gasteiger charge is 2.21. The zero-order valence-electron chi connectivity index (χ0n) is 11.5. The van der Waals surface area contributed by atoms with Crippen LogP contribution in [0.15, 0.2) is 24.3 Å². The number of benzene rings is 1. The number of carbonyl (C=O) groups is 1. The predicted molar refractivity (Wildman–Crippen MR) is 75.0 cm³/mol. The molecule has 0 spiro atoms. The van der Waals surface area contributed by atoms with E-state index in [0.29, 0.717) is 5.78 Å². The Kier molecular flexibility index (Phi) is 4.54. The first kappa shape index (κ1) is 13.3. The van der Waals surface area contributed by atoms with Crippen molar-refractivity contribution < 1.29 is 4.79 Å². The van der Waals surface area contributed by atoms with E-state index in [1.807, 2.05) is 18.2 Å². The van der Waals surface area contributed by atoms with Gasteiger partial charge in [-0.15, -0.1) is 0 Å². The SMILES string of the molecule is CCc1ccccc1C(=O)C(C)CN1CCCC1. The summed E-state index contributed by atoms with van der Waals surface area (Å²) in [5.74, 6) is 0.412. The fraction of sp³-hybridized carbons (Fsp3) is 0.562. The largest absolute Gasteiger partial charge is 0.303 e. The fourth-order valence-corrected chi connectivity index (χ4v) is 2.77. The molecule has 0 N–H and O–H groups in total. The van der Waals surface area contributed by atoms with Gasteiger partial charge in [0.2, 0.25) is 0 Å². The summed E-state index contributed by atoms with van der Waals surface area (Å²) in [6.07, 6.45) is 3.50. The molecule has 0 aromatic heterocycles. The Balaban J connectivity index is 2.05. The lowest BCUT2D eigenvalue weighted by atomic mass is 9.94. The molecular weight excluding hydrogens is 222 g/mol. The summed E-state index contributed by atoms with van der Waals surface area (Å²) in [6, 6.07) is 8.02. The molecule has 0 saturated carbocycles. The minimum Gasteiger partial charge on any atom is -0.303 e. The lowest BCUT2D eigenvalue weighted by Gasteiger charge is -2.20. The van der Waals surface area contributed by atoms with Gasteiger partial charge in [-0.2, -0.15) is 0 Å². The average molecular weight is 245 g/mol. The Hall–Kier alpha value is -1.15. The second-order valence-electron chi connectivity index (χ2n) is 5.28. The summed E-state index contributed by atoms with van der Waals surface area (Å²) in [7, 11) is 0. The van der Waals surface area contributed by atoms with Gasteiger partial charge in [-0.1, -0.05) is 38.1 Å². The first-order valence-electron chi connectivity index (χ1n) is 7.07. The van der Waals surface area contributed by atoms with E-state index in [9.17, 15) is 4.79 Å². The van der Waals surface area contributed by atoms with Gasteiger partial charge in [-0.3, -0.25) is 4.79 Å². The third-order valence-electron chi connectivity index (χ3n) is 3.84. The number of likely N-dealkylation sites (tertiary alicyclic amines) is 1. The molecule has 0 aliphatic carbocycles. The standard InChI is InChI=1S/C16H23NO/c1-3-14-8-4-5-9-15(14)16(18)13(2)12-17-10-6-7-11-17/h4-5,8-9,13H,3,6-7,10-12H2,1-2H3. The van der Waals surface area contributed by atoms with E-state index >= 15 is 0 Å². The monoisotopic (exact) mass is 245 g/mol. The first-order chi connectivity index (χ1) is 8.72. The zero-order valence-corrected chi connectivity index (χ0v) is 11.5. The number of ketones is 1. The Morgan fingerprint density at radius 2 is 1.94 bits per heavy atom. The number of hydrogen-bond donors (Lipinski definition) is 0. The molecule has 2 heteroatoms. The van der Waals surface area contributed by atoms with Crippen molar-refractivity contribution in [1.82, 2.24) is 4.90 Å². The van der Waals surface area contributed by atoms with E-state index < -0.39 is 0 Å². The van der Waals surface area contributed by atoms with Gasteiger partial charge in [-0.25, -0.2) is 0 Å². The van der Waals surface area contributed by atoms with Gasteiger partial charge in [-0.05, 0) is 37.9 Å². The minimum absolute atomic E-state index is 0.107. The van der Waals surface area contributed by atoms with Crippen LogP contribution in [0.3, 0.4) is 0 Å². The molecular formula is C16H23NO. The molecule has 0 amide bonds. The molecule has 1 aromatic rings. The molecule has 0 radical (unpaired) electrons. The van der Waals surface area contributed by atoms with Crippen LogP contribution in [-0.2, 0) is 6.42 Å². The number of Topliss-reactive ketones (excluding diaryl/α,β-unsaturated/α-hetero) is 1. The minimum atomic E-state index is 0.107. The van der Waals surface area contributed by atoms with Crippen LogP contribution in [-0.4, -0.2) is 30.3 Å². The molecule has 1 heterocycles. The topological polar surface area (TPSA) is 20.3 Å². The number of rotatable bonds is 5. The third kappa shape index (κ3) is 2.99. The molecule has 1 aliphatic heterocycles. The molecule has 1 aliphatic rings. The van der Waals surface area contributed by atoms with E-state index in [1.54, 1.807) is 0 Å². The van der Waals surface area contributed by atoms with Crippen molar-refractivity contribution in [3.05, 3.63) is 35.4 Å². The summed E-state index contributed by atoms with van der Waals surface area (Å²) in [5.41, 5.74) is 2.10. The molecule has 1 fully saturated rings. The Bertz CT molecular complexity index is 407. The van der Waals surface area contributed by atoms with Gasteiger partial charge < -0.3 is 4.90 Å². The van der Waals surface area contributed by atoms with E-state index in [2.05, 4.69) is 24.8 Å². The highest BCUT2D eigenvalue weighted by molar-refractivity contribution is 5.99. The van der Waals surface area contributed by atoms with Crippen molar-refractivity contribution in [3.8, 4) is 0 Å². The molecule has 1 unspecified atom stereocenters. The van der Waals surface area contributed by atoms with Crippen LogP contribution in [0.4, 0.5) is 0 Å². The lowest BCUT2D eigenvalue weighted by molar-refractivity contribution is 0.0902. The van der Waals surface area contributed by atoms with Crippen molar-refractivity contribution in [3.63, 3.8) is 0 Å². The van der Waals surface area contributed by atoms with Crippen LogP contribution in [0.1, 0.15) is 42.6 Å². The smallest absolute Gasteiger partial charge is 0.167 e. The van der Waals surface area contributed by atoms with Crippen LogP contribution in [0.25, 0.3) is 0 Å².